The minimum absolute atomic E-state index is 0.174. The van der Waals surface area contributed by atoms with Crippen molar-refractivity contribution in [3.63, 3.8) is 0 Å². The highest BCUT2D eigenvalue weighted by Crippen LogP contribution is 2.25. The standard InChI is InChI=1S/C13H21N3O2/c1-10-8-14-13(9-18-3)16(10)12-4-6-15(7-5-12)11(2)17/h8,12H,4-7,9H2,1-3H3. The van der Waals surface area contributed by atoms with Gasteiger partial charge in [-0.15, -0.1) is 0 Å². The Kier molecular flexibility index (Phi) is 4.01. The zero-order chi connectivity index (χ0) is 13.1. The lowest BCUT2D eigenvalue weighted by atomic mass is 10.0. The number of carbonyl (C=O) groups excluding carboxylic acids is 1. The van der Waals surface area contributed by atoms with Gasteiger partial charge in [-0.3, -0.25) is 4.79 Å². The molecule has 1 aliphatic heterocycles. The second-order valence-corrected chi connectivity index (χ2v) is 4.86. The fraction of sp³-hybridized carbons (Fsp3) is 0.692. The maximum atomic E-state index is 11.3. The molecule has 18 heavy (non-hydrogen) atoms. The van der Waals surface area contributed by atoms with Crippen molar-refractivity contribution in [2.75, 3.05) is 20.2 Å². The number of imidazole rings is 1. The van der Waals surface area contributed by atoms with E-state index in [4.69, 9.17) is 4.74 Å². The quantitative estimate of drug-likeness (QED) is 0.818. The number of hydrogen-bond donors (Lipinski definition) is 0. The summed E-state index contributed by atoms with van der Waals surface area (Å²) >= 11 is 0. The van der Waals surface area contributed by atoms with E-state index in [0.29, 0.717) is 12.6 Å². The second kappa shape index (κ2) is 5.52. The first kappa shape index (κ1) is 13.1. The average molecular weight is 251 g/mol. The van der Waals surface area contributed by atoms with Crippen LogP contribution in [0.25, 0.3) is 0 Å². The Morgan fingerprint density at radius 3 is 2.72 bits per heavy atom. The van der Waals surface area contributed by atoms with Gasteiger partial charge in [-0.25, -0.2) is 4.98 Å². The largest absolute Gasteiger partial charge is 0.377 e. The number of ether oxygens (including phenoxy) is 1. The van der Waals surface area contributed by atoms with Crippen molar-refractivity contribution in [1.82, 2.24) is 14.5 Å². The SMILES string of the molecule is COCc1ncc(C)n1C1CCN(C(C)=O)CC1. The summed E-state index contributed by atoms with van der Waals surface area (Å²) in [5, 5.41) is 0. The molecule has 1 aliphatic rings. The Morgan fingerprint density at radius 2 is 2.17 bits per heavy atom. The van der Waals surface area contributed by atoms with E-state index in [1.54, 1.807) is 14.0 Å². The van der Waals surface area contributed by atoms with Crippen molar-refractivity contribution in [2.45, 2.75) is 39.3 Å². The molecule has 1 fully saturated rings. The first-order valence-electron chi connectivity index (χ1n) is 6.40. The van der Waals surface area contributed by atoms with Crippen molar-refractivity contribution in [1.29, 1.82) is 0 Å². The lowest BCUT2D eigenvalue weighted by Crippen LogP contribution is -2.38. The maximum Gasteiger partial charge on any atom is 0.219 e. The molecule has 0 atom stereocenters. The molecule has 100 valence electrons. The summed E-state index contributed by atoms with van der Waals surface area (Å²) in [6, 6.07) is 0.438. The molecule has 2 rings (SSSR count). The third-order valence-corrected chi connectivity index (χ3v) is 3.61. The summed E-state index contributed by atoms with van der Waals surface area (Å²) in [6.45, 7) is 5.93. The smallest absolute Gasteiger partial charge is 0.219 e. The minimum Gasteiger partial charge on any atom is -0.377 e. The molecule has 1 aromatic rings. The van der Waals surface area contributed by atoms with Crippen LogP contribution < -0.4 is 0 Å². The van der Waals surface area contributed by atoms with Gasteiger partial charge < -0.3 is 14.2 Å². The van der Waals surface area contributed by atoms with Crippen LogP contribution in [-0.4, -0.2) is 40.6 Å². The summed E-state index contributed by atoms with van der Waals surface area (Å²) in [5.41, 5.74) is 1.17. The molecule has 0 unspecified atom stereocenters. The van der Waals surface area contributed by atoms with Crippen LogP contribution in [0.15, 0.2) is 6.20 Å². The molecule has 0 bridgehead atoms. The van der Waals surface area contributed by atoms with Gasteiger partial charge in [0.25, 0.3) is 0 Å². The minimum atomic E-state index is 0.174. The van der Waals surface area contributed by atoms with E-state index >= 15 is 0 Å². The fourth-order valence-corrected chi connectivity index (χ4v) is 2.67. The number of aromatic nitrogens is 2. The average Bonchev–Trinajstić information content (AvgIpc) is 2.71. The second-order valence-electron chi connectivity index (χ2n) is 4.86. The van der Waals surface area contributed by atoms with Crippen LogP contribution in [0.4, 0.5) is 0 Å². The molecule has 0 aromatic carbocycles. The van der Waals surface area contributed by atoms with Gasteiger partial charge >= 0.3 is 0 Å². The molecular formula is C13H21N3O2. The van der Waals surface area contributed by atoms with Crippen LogP contribution in [0.5, 0.6) is 0 Å². The summed E-state index contributed by atoms with van der Waals surface area (Å²) in [6.07, 6.45) is 3.88. The van der Waals surface area contributed by atoms with Crippen molar-refractivity contribution >= 4 is 5.91 Å². The van der Waals surface area contributed by atoms with Gasteiger partial charge in [0.15, 0.2) is 0 Å². The van der Waals surface area contributed by atoms with Gasteiger partial charge in [0, 0.05) is 45.1 Å². The summed E-state index contributed by atoms with van der Waals surface area (Å²) in [7, 11) is 1.69. The van der Waals surface area contributed by atoms with Crippen LogP contribution in [0.1, 0.15) is 37.3 Å². The predicted octanol–water partition coefficient (Wildman–Crippen LogP) is 1.52. The van der Waals surface area contributed by atoms with E-state index in [0.717, 1.165) is 31.8 Å². The van der Waals surface area contributed by atoms with Crippen molar-refractivity contribution < 1.29 is 9.53 Å². The highest BCUT2D eigenvalue weighted by molar-refractivity contribution is 5.73. The Bertz CT molecular complexity index is 420. The van der Waals surface area contributed by atoms with Crippen molar-refractivity contribution in [3.8, 4) is 0 Å². The number of aryl methyl sites for hydroxylation is 1. The number of nitrogens with zero attached hydrogens (tertiary/aromatic N) is 3. The first-order chi connectivity index (χ1) is 8.63. The van der Waals surface area contributed by atoms with E-state index in [-0.39, 0.29) is 5.91 Å². The van der Waals surface area contributed by atoms with Gasteiger partial charge in [-0.05, 0) is 19.8 Å². The number of hydrogen-bond acceptors (Lipinski definition) is 3. The third kappa shape index (κ3) is 2.56. The molecule has 5 heteroatoms. The van der Waals surface area contributed by atoms with E-state index in [1.807, 2.05) is 11.1 Å². The van der Waals surface area contributed by atoms with Gasteiger partial charge in [-0.1, -0.05) is 0 Å². The van der Waals surface area contributed by atoms with Gasteiger partial charge in [-0.2, -0.15) is 0 Å². The number of rotatable bonds is 3. The Balaban J connectivity index is 2.09. The fourth-order valence-electron chi connectivity index (χ4n) is 2.67. The third-order valence-electron chi connectivity index (χ3n) is 3.61. The number of methoxy groups -OCH3 is 1. The molecule has 1 saturated heterocycles. The van der Waals surface area contributed by atoms with E-state index in [9.17, 15) is 4.79 Å². The zero-order valence-corrected chi connectivity index (χ0v) is 11.3. The van der Waals surface area contributed by atoms with Gasteiger partial charge in [0.05, 0.1) is 0 Å². The molecule has 2 heterocycles. The highest BCUT2D eigenvalue weighted by Gasteiger charge is 2.24. The topological polar surface area (TPSA) is 47.4 Å². The molecule has 5 nitrogen and oxygen atoms in total. The molecule has 1 aromatic heterocycles. The lowest BCUT2D eigenvalue weighted by Gasteiger charge is -2.33. The Labute approximate surface area is 108 Å². The normalized spacial score (nSPS) is 17.2. The van der Waals surface area contributed by atoms with E-state index < -0.39 is 0 Å². The number of carbonyl (C=O) groups is 1. The monoisotopic (exact) mass is 251 g/mol. The molecule has 0 saturated carbocycles. The molecule has 0 radical (unpaired) electrons. The maximum absolute atomic E-state index is 11.3. The molecule has 0 N–H and O–H groups in total. The molecule has 0 spiro atoms. The van der Waals surface area contributed by atoms with E-state index in [1.165, 1.54) is 5.69 Å². The van der Waals surface area contributed by atoms with Crippen LogP contribution in [-0.2, 0) is 16.1 Å². The van der Waals surface area contributed by atoms with Crippen LogP contribution in [0, 0.1) is 6.92 Å². The van der Waals surface area contributed by atoms with E-state index in [2.05, 4.69) is 16.5 Å². The van der Waals surface area contributed by atoms with Crippen LogP contribution in [0.3, 0.4) is 0 Å². The number of amides is 1. The number of likely N-dealkylation sites (tertiary alicyclic amines) is 1. The summed E-state index contributed by atoms with van der Waals surface area (Å²) in [4.78, 5) is 17.6. The first-order valence-corrected chi connectivity index (χ1v) is 6.40. The lowest BCUT2D eigenvalue weighted by molar-refractivity contribution is -0.130. The molecular weight excluding hydrogens is 230 g/mol. The highest BCUT2D eigenvalue weighted by atomic mass is 16.5. The summed E-state index contributed by atoms with van der Waals surface area (Å²) in [5.74, 6) is 1.16. The predicted molar refractivity (Wildman–Crippen MR) is 68.2 cm³/mol. The number of piperidine rings is 1. The zero-order valence-electron chi connectivity index (χ0n) is 11.3. The van der Waals surface area contributed by atoms with Gasteiger partial charge in [0.2, 0.25) is 5.91 Å². The Hall–Kier alpha value is -1.36. The van der Waals surface area contributed by atoms with Crippen molar-refractivity contribution in [3.05, 3.63) is 17.7 Å². The van der Waals surface area contributed by atoms with Crippen LogP contribution in [0.2, 0.25) is 0 Å². The Morgan fingerprint density at radius 1 is 1.50 bits per heavy atom. The van der Waals surface area contributed by atoms with Crippen LogP contribution >= 0.6 is 0 Å². The molecule has 1 amide bonds. The molecule has 0 aliphatic carbocycles. The van der Waals surface area contributed by atoms with Gasteiger partial charge in [0.1, 0.15) is 12.4 Å². The van der Waals surface area contributed by atoms with Crippen molar-refractivity contribution in [2.24, 2.45) is 0 Å². The summed E-state index contributed by atoms with van der Waals surface area (Å²) < 4.78 is 7.45.